The number of aromatic nitrogens is 1. The zero-order valence-electron chi connectivity index (χ0n) is 23.1. The smallest absolute Gasteiger partial charge is 0.293 e. The number of aliphatic imine (C=N–C) groups is 1. The van der Waals surface area contributed by atoms with Gasteiger partial charge in [0.1, 0.15) is 5.69 Å². The molecule has 0 saturated carbocycles. The van der Waals surface area contributed by atoms with Crippen LogP contribution in [0, 0.1) is 10.1 Å². The third-order valence-electron chi connectivity index (χ3n) is 7.71. The number of anilines is 1. The molecule has 2 aliphatic rings. The highest BCUT2D eigenvalue weighted by molar-refractivity contribution is 8.01. The molecule has 0 spiro atoms. The van der Waals surface area contributed by atoms with Gasteiger partial charge in [0.15, 0.2) is 10.1 Å². The molecule has 1 aromatic heterocycles. The number of hydrogen-bond acceptors (Lipinski definition) is 9. The summed E-state index contributed by atoms with van der Waals surface area (Å²) in [5.74, 6) is 0.400. The average Bonchev–Trinajstić information content (AvgIpc) is 3.63. The van der Waals surface area contributed by atoms with Crippen molar-refractivity contribution in [1.82, 2.24) is 4.98 Å². The number of carbonyl (C=O) groups is 1. The molecule has 1 saturated heterocycles. The van der Waals surface area contributed by atoms with Crippen molar-refractivity contribution in [3.63, 3.8) is 0 Å². The minimum Gasteiger partial charge on any atom is -0.378 e. The molecule has 1 aliphatic heterocycles. The summed E-state index contributed by atoms with van der Waals surface area (Å²) < 4.78 is 7.17. The fourth-order valence-corrected chi connectivity index (χ4v) is 7.55. The van der Waals surface area contributed by atoms with Gasteiger partial charge in [-0.3, -0.25) is 19.9 Å². The van der Waals surface area contributed by atoms with E-state index in [1.807, 2.05) is 41.3 Å². The molecule has 0 bridgehead atoms. The van der Waals surface area contributed by atoms with Crippen molar-refractivity contribution in [2.45, 2.75) is 10.8 Å². The molecule has 1 fully saturated rings. The van der Waals surface area contributed by atoms with Crippen LogP contribution >= 0.6 is 23.1 Å². The number of rotatable bonds is 8. The Morgan fingerprint density at radius 2 is 1.86 bits per heavy atom. The summed E-state index contributed by atoms with van der Waals surface area (Å²) in [6.07, 6.45) is 2.50. The molecule has 0 amide bonds. The third kappa shape index (κ3) is 5.69. The van der Waals surface area contributed by atoms with Crippen molar-refractivity contribution in [3.8, 4) is 11.1 Å². The quantitative estimate of drug-likeness (QED) is 0.0588. The highest BCUT2D eigenvalue weighted by Gasteiger charge is 2.22. The summed E-state index contributed by atoms with van der Waals surface area (Å²) in [4.78, 5) is 35.7. The number of morpholine rings is 1. The highest BCUT2D eigenvalue weighted by Crippen LogP contribution is 2.37. The lowest BCUT2D eigenvalue weighted by molar-refractivity contribution is -0.384. The Hall–Kier alpha value is -4.38. The van der Waals surface area contributed by atoms with E-state index in [2.05, 4.69) is 35.3 Å². The summed E-state index contributed by atoms with van der Waals surface area (Å²) in [6.45, 7) is 2.37. The molecule has 10 heteroatoms. The molecule has 0 radical (unpaired) electrons. The zero-order chi connectivity index (χ0) is 29.3. The van der Waals surface area contributed by atoms with Crippen LogP contribution < -0.4 is 4.90 Å². The van der Waals surface area contributed by atoms with E-state index in [0.717, 1.165) is 32.2 Å². The second-order valence-corrected chi connectivity index (χ2v) is 12.7. The van der Waals surface area contributed by atoms with Crippen LogP contribution in [0.5, 0.6) is 0 Å². The summed E-state index contributed by atoms with van der Waals surface area (Å²) in [5, 5.41) is 11.8. The molecule has 4 aromatic carbocycles. The number of Topliss-reactive ketones (excluding diaryl/α,β-unsaturated/α-hetero) is 1. The normalized spacial score (nSPS) is 14.3. The van der Waals surface area contributed by atoms with Crippen molar-refractivity contribution < 1.29 is 14.5 Å². The molecular weight excluding hydrogens is 581 g/mol. The Morgan fingerprint density at radius 1 is 1.02 bits per heavy atom. The topological polar surface area (TPSA) is 97.9 Å². The Bertz CT molecular complexity index is 1910. The van der Waals surface area contributed by atoms with E-state index in [-0.39, 0.29) is 16.4 Å². The number of nitro groups is 1. The molecule has 0 atom stereocenters. The molecule has 8 nitrogen and oxygen atoms in total. The van der Waals surface area contributed by atoms with E-state index in [9.17, 15) is 14.9 Å². The van der Waals surface area contributed by atoms with Gasteiger partial charge in [0.05, 0.1) is 39.8 Å². The summed E-state index contributed by atoms with van der Waals surface area (Å²) >= 11 is 2.97. The van der Waals surface area contributed by atoms with Gasteiger partial charge in [-0.25, -0.2) is 4.98 Å². The number of ketones is 1. The first-order valence-corrected chi connectivity index (χ1v) is 15.7. The first-order valence-electron chi connectivity index (χ1n) is 13.9. The van der Waals surface area contributed by atoms with Crippen molar-refractivity contribution in [3.05, 3.63) is 111 Å². The Labute approximate surface area is 256 Å². The van der Waals surface area contributed by atoms with Gasteiger partial charge in [0.25, 0.3) is 5.69 Å². The van der Waals surface area contributed by atoms with Crippen LogP contribution in [0.3, 0.4) is 0 Å². The van der Waals surface area contributed by atoms with Crippen molar-refractivity contribution in [2.75, 3.05) is 37.0 Å². The molecule has 0 unspecified atom stereocenters. The largest absolute Gasteiger partial charge is 0.378 e. The van der Waals surface area contributed by atoms with Crippen molar-refractivity contribution >= 4 is 62.4 Å². The van der Waals surface area contributed by atoms with E-state index < -0.39 is 0 Å². The first kappa shape index (κ1) is 27.5. The van der Waals surface area contributed by atoms with Crippen molar-refractivity contribution in [2.24, 2.45) is 4.99 Å². The van der Waals surface area contributed by atoms with Crippen LogP contribution in [0.15, 0.2) is 88.2 Å². The Balaban J connectivity index is 1.02. The van der Waals surface area contributed by atoms with E-state index in [0.29, 0.717) is 43.3 Å². The lowest BCUT2D eigenvalue weighted by Gasteiger charge is -2.28. The van der Waals surface area contributed by atoms with Crippen LogP contribution in [-0.2, 0) is 11.2 Å². The maximum absolute atomic E-state index is 13.0. The maximum Gasteiger partial charge on any atom is 0.293 e. The summed E-state index contributed by atoms with van der Waals surface area (Å²) in [5.41, 5.74) is 8.59. The van der Waals surface area contributed by atoms with Crippen LogP contribution in [0.2, 0.25) is 0 Å². The van der Waals surface area contributed by atoms with Gasteiger partial charge in [0, 0.05) is 30.9 Å². The Morgan fingerprint density at radius 3 is 2.72 bits per heavy atom. The van der Waals surface area contributed by atoms with Gasteiger partial charge in [-0.15, -0.1) is 11.3 Å². The predicted octanol–water partition coefficient (Wildman–Crippen LogP) is 7.34. The number of carbonyl (C=O) groups excluding carboxylic acids is 1. The number of fused-ring (bicyclic) bond motifs is 4. The van der Waals surface area contributed by atoms with Gasteiger partial charge >= 0.3 is 0 Å². The van der Waals surface area contributed by atoms with Gasteiger partial charge < -0.3 is 9.64 Å². The van der Waals surface area contributed by atoms with E-state index in [4.69, 9.17) is 9.72 Å². The minimum absolute atomic E-state index is 0.0601. The third-order valence-corrected chi connectivity index (χ3v) is 9.87. The Kier molecular flexibility index (Phi) is 7.48. The van der Waals surface area contributed by atoms with Crippen molar-refractivity contribution in [1.29, 1.82) is 0 Å². The predicted molar refractivity (Wildman–Crippen MR) is 173 cm³/mol. The fourth-order valence-electron chi connectivity index (χ4n) is 5.55. The number of thioether (sulfide) groups is 1. The van der Waals surface area contributed by atoms with Gasteiger partial charge in [0.2, 0.25) is 0 Å². The van der Waals surface area contributed by atoms with Crippen LogP contribution in [0.4, 0.5) is 17.1 Å². The molecule has 1 aliphatic carbocycles. The van der Waals surface area contributed by atoms with Gasteiger partial charge in [-0.2, -0.15) is 0 Å². The lowest BCUT2D eigenvalue weighted by Crippen LogP contribution is -2.36. The second-order valence-electron chi connectivity index (χ2n) is 10.4. The van der Waals surface area contributed by atoms with Crippen LogP contribution in [0.1, 0.15) is 27.0 Å². The van der Waals surface area contributed by atoms with E-state index in [1.54, 1.807) is 18.3 Å². The summed E-state index contributed by atoms with van der Waals surface area (Å²) in [6, 6.07) is 25.3. The molecule has 2 heterocycles. The molecule has 43 heavy (non-hydrogen) atoms. The number of nitro benzene ring substituents is 1. The SMILES string of the molecule is O=C(CSc1nc2ccc(N=Cc3ccc(N4CCOCC4)c([N+](=O)[O-])c3)cc2s1)c1ccc2c(c1)Cc1ccccc1-2. The molecule has 214 valence electrons. The van der Waals surface area contributed by atoms with Crippen LogP contribution in [0.25, 0.3) is 21.3 Å². The molecular formula is C33H26N4O4S2. The van der Waals surface area contributed by atoms with E-state index >= 15 is 0 Å². The standard InChI is InChI=1S/C33H26N4O4S2/c38-31(23-6-8-27-24(17-23)16-22-3-1-2-4-26(22)27)20-42-33-35-28-9-7-25(18-32(28)43-33)34-19-21-5-10-29(30(15-21)37(39)40)36-11-13-41-14-12-36/h1-10,15,17-19H,11-14,16,20H2. The highest BCUT2D eigenvalue weighted by atomic mass is 32.2. The number of nitrogens with zero attached hydrogens (tertiary/aromatic N) is 4. The number of ether oxygens (including phenoxy) is 1. The lowest BCUT2D eigenvalue weighted by atomic mass is 10.0. The number of benzene rings is 4. The first-order chi connectivity index (χ1) is 21.0. The zero-order valence-corrected chi connectivity index (χ0v) is 24.7. The molecule has 0 N–H and O–H groups in total. The van der Waals surface area contributed by atoms with Crippen LogP contribution in [-0.4, -0.2) is 54.0 Å². The average molecular weight is 607 g/mol. The molecule has 5 aromatic rings. The second kappa shape index (κ2) is 11.7. The monoisotopic (exact) mass is 606 g/mol. The fraction of sp³-hybridized carbons (Fsp3) is 0.182. The number of thiazole rings is 1. The maximum atomic E-state index is 13.0. The molecule has 7 rings (SSSR count). The van der Waals surface area contributed by atoms with Gasteiger partial charge in [-0.05, 0) is 64.6 Å². The van der Waals surface area contributed by atoms with E-state index in [1.165, 1.54) is 45.4 Å². The summed E-state index contributed by atoms with van der Waals surface area (Å²) in [7, 11) is 0. The minimum atomic E-state index is -0.348. The number of hydrogen-bond donors (Lipinski definition) is 0. The van der Waals surface area contributed by atoms with Gasteiger partial charge in [-0.1, -0.05) is 54.2 Å².